The van der Waals surface area contributed by atoms with Crippen molar-refractivity contribution in [1.82, 2.24) is 4.90 Å². The zero-order valence-electron chi connectivity index (χ0n) is 6.42. The molecule has 4 heteroatoms. The number of ether oxygens (including phenoxy) is 1. The second-order valence-electron chi connectivity index (χ2n) is 1.94. The normalized spacial score (nSPS) is 10.9. The molecule has 2 N–H and O–H groups in total. The molecule has 0 atom stereocenters. The van der Waals surface area contributed by atoms with Gasteiger partial charge in [0.25, 0.3) is 0 Å². The van der Waals surface area contributed by atoms with Crippen molar-refractivity contribution in [2.24, 2.45) is 5.73 Å². The molecule has 0 spiro atoms. The lowest BCUT2D eigenvalue weighted by atomic mass is 10.4. The van der Waals surface area contributed by atoms with Crippen LogP contribution in [0, 0.1) is 0 Å². The summed E-state index contributed by atoms with van der Waals surface area (Å²) in [5, 5.41) is 0. The van der Waals surface area contributed by atoms with Gasteiger partial charge in [0.05, 0.1) is 7.11 Å². The highest BCUT2D eigenvalue weighted by molar-refractivity contribution is 5.87. The number of carbonyl (C=O) groups excluding carboxylic acids is 1. The van der Waals surface area contributed by atoms with E-state index in [1.165, 1.54) is 13.3 Å². The lowest BCUT2D eigenvalue weighted by Crippen LogP contribution is -2.21. The van der Waals surface area contributed by atoms with Gasteiger partial charge in [-0.25, -0.2) is 4.79 Å². The number of carbonyl (C=O) groups is 1. The summed E-state index contributed by atoms with van der Waals surface area (Å²) in [7, 11) is 4.75. The maximum atomic E-state index is 10.8. The van der Waals surface area contributed by atoms with E-state index in [1.54, 1.807) is 19.0 Å². The SMILES string of the molecule is COC(=O)/C(=C/N)N(C)C. The van der Waals surface area contributed by atoms with Gasteiger partial charge in [-0.2, -0.15) is 0 Å². The fraction of sp³-hybridized carbons (Fsp3) is 0.500. The fourth-order valence-electron chi connectivity index (χ4n) is 0.504. The average molecular weight is 144 g/mol. The molecule has 0 aliphatic rings. The Bertz CT molecular complexity index is 152. The topological polar surface area (TPSA) is 55.6 Å². The van der Waals surface area contributed by atoms with Crippen LogP contribution in [-0.2, 0) is 9.53 Å². The molecule has 4 nitrogen and oxygen atoms in total. The molecule has 0 amide bonds. The van der Waals surface area contributed by atoms with Gasteiger partial charge in [0.1, 0.15) is 5.70 Å². The van der Waals surface area contributed by atoms with Gasteiger partial charge in [-0.15, -0.1) is 0 Å². The van der Waals surface area contributed by atoms with Crippen molar-refractivity contribution in [2.75, 3.05) is 21.2 Å². The highest BCUT2D eigenvalue weighted by Gasteiger charge is 2.09. The number of hydrogen-bond acceptors (Lipinski definition) is 4. The maximum Gasteiger partial charge on any atom is 0.355 e. The molecule has 0 rings (SSSR count). The molecule has 58 valence electrons. The van der Waals surface area contributed by atoms with Crippen molar-refractivity contribution in [3.8, 4) is 0 Å². The monoisotopic (exact) mass is 144 g/mol. The van der Waals surface area contributed by atoms with Gasteiger partial charge in [0.15, 0.2) is 0 Å². The largest absolute Gasteiger partial charge is 0.464 e. The van der Waals surface area contributed by atoms with Crippen molar-refractivity contribution in [1.29, 1.82) is 0 Å². The van der Waals surface area contributed by atoms with E-state index in [0.29, 0.717) is 5.70 Å². The lowest BCUT2D eigenvalue weighted by molar-refractivity contribution is -0.137. The van der Waals surface area contributed by atoms with Crippen molar-refractivity contribution in [3.05, 3.63) is 11.9 Å². The van der Waals surface area contributed by atoms with Crippen LogP contribution in [0.5, 0.6) is 0 Å². The molecule has 0 bridgehead atoms. The van der Waals surface area contributed by atoms with Crippen LogP contribution in [0.2, 0.25) is 0 Å². The number of esters is 1. The van der Waals surface area contributed by atoms with Crippen LogP contribution in [-0.4, -0.2) is 32.1 Å². The van der Waals surface area contributed by atoms with Gasteiger partial charge in [-0.3, -0.25) is 0 Å². The number of likely N-dealkylation sites (N-methyl/N-ethyl adjacent to an activating group) is 1. The van der Waals surface area contributed by atoms with Crippen molar-refractivity contribution in [2.45, 2.75) is 0 Å². The molecule has 0 radical (unpaired) electrons. The van der Waals surface area contributed by atoms with Gasteiger partial charge in [0.2, 0.25) is 0 Å². The van der Waals surface area contributed by atoms with E-state index in [9.17, 15) is 4.79 Å². The Morgan fingerprint density at radius 1 is 1.60 bits per heavy atom. The standard InChI is InChI=1S/C6H12N2O2/c1-8(2)5(4-7)6(9)10-3/h4H,7H2,1-3H3/b5-4-. The first-order valence-corrected chi connectivity index (χ1v) is 2.81. The van der Waals surface area contributed by atoms with Crippen LogP contribution in [0.15, 0.2) is 11.9 Å². The molecular formula is C6H12N2O2. The van der Waals surface area contributed by atoms with Crippen LogP contribution in [0.4, 0.5) is 0 Å². The van der Waals surface area contributed by atoms with E-state index in [0.717, 1.165) is 0 Å². The highest BCUT2D eigenvalue weighted by Crippen LogP contribution is 1.97. The zero-order valence-corrected chi connectivity index (χ0v) is 6.42. The summed E-state index contributed by atoms with van der Waals surface area (Å²) in [6, 6.07) is 0. The number of rotatable bonds is 2. The average Bonchev–Trinajstić information content (AvgIpc) is 1.88. The van der Waals surface area contributed by atoms with Crippen LogP contribution < -0.4 is 5.73 Å². The quantitative estimate of drug-likeness (QED) is 0.420. The second kappa shape index (κ2) is 3.76. The number of hydrogen-bond donors (Lipinski definition) is 1. The van der Waals surface area contributed by atoms with Gasteiger partial charge in [-0.1, -0.05) is 0 Å². The van der Waals surface area contributed by atoms with E-state index in [-0.39, 0.29) is 0 Å². The summed E-state index contributed by atoms with van der Waals surface area (Å²) in [6.45, 7) is 0. The minimum absolute atomic E-state index is 0.350. The third-order valence-corrected chi connectivity index (χ3v) is 1.03. The Balaban J connectivity index is 4.24. The Hall–Kier alpha value is -1.19. The molecule has 0 heterocycles. The highest BCUT2D eigenvalue weighted by atomic mass is 16.5. The minimum atomic E-state index is -0.424. The molecule has 0 saturated heterocycles. The van der Waals surface area contributed by atoms with Crippen LogP contribution in [0.3, 0.4) is 0 Å². The Morgan fingerprint density at radius 2 is 2.10 bits per heavy atom. The molecule has 0 aliphatic heterocycles. The Kier molecular flexibility index (Phi) is 3.32. The Labute approximate surface area is 60.2 Å². The zero-order chi connectivity index (χ0) is 8.15. The number of nitrogens with zero attached hydrogens (tertiary/aromatic N) is 1. The molecule has 10 heavy (non-hydrogen) atoms. The lowest BCUT2D eigenvalue weighted by Gasteiger charge is -2.12. The van der Waals surface area contributed by atoms with Gasteiger partial charge in [-0.05, 0) is 0 Å². The van der Waals surface area contributed by atoms with Crippen molar-refractivity contribution < 1.29 is 9.53 Å². The number of nitrogens with two attached hydrogens (primary N) is 1. The first-order chi connectivity index (χ1) is 4.63. The summed E-state index contributed by atoms with van der Waals surface area (Å²) in [6.07, 6.45) is 1.21. The third-order valence-electron chi connectivity index (χ3n) is 1.03. The maximum absolute atomic E-state index is 10.8. The fourth-order valence-corrected chi connectivity index (χ4v) is 0.504. The van der Waals surface area contributed by atoms with Gasteiger partial charge >= 0.3 is 5.97 Å². The van der Waals surface area contributed by atoms with Crippen molar-refractivity contribution >= 4 is 5.97 Å². The molecule has 0 aromatic heterocycles. The van der Waals surface area contributed by atoms with E-state index in [4.69, 9.17) is 5.73 Å². The molecule has 0 saturated carbocycles. The van der Waals surface area contributed by atoms with E-state index < -0.39 is 5.97 Å². The van der Waals surface area contributed by atoms with Crippen LogP contribution in [0.1, 0.15) is 0 Å². The van der Waals surface area contributed by atoms with E-state index in [1.807, 2.05) is 0 Å². The molecule has 0 aliphatic carbocycles. The molecule has 0 unspecified atom stereocenters. The third kappa shape index (κ3) is 1.97. The summed E-state index contributed by atoms with van der Waals surface area (Å²) in [5.41, 5.74) is 5.50. The Morgan fingerprint density at radius 3 is 2.20 bits per heavy atom. The summed E-state index contributed by atoms with van der Waals surface area (Å²) < 4.78 is 4.44. The summed E-state index contributed by atoms with van der Waals surface area (Å²) in [5.74, 6) is -0.424. The molecule has 0 fully saturated rings. The first-order valence-electron chi connectivity index (χ1n) is 2.81. The summed E-state index contributed by atoms with van der Waals surface area (Å²) in [4.78, 5) is 12.4. The predicted octanol–water partition coefficient (Wildman–Crippen LogP) is -0.479. The molecular weight excluding hydrogens is 132 g/mol. The summed E-state index contributed by atoms with van der Waals surface area (Å²) >= 11 is 0. The first kappa shape index (κ1) is 8.81. The molecule has 0 aromatic carbocycles. The van der Waals surface area contributed by atoms with Gasteiger partial charge in [0, 0.05) is 20.3 Å². The predicted molar refractivity (Wildman–Crippen MR) is 38.0 cm³/mol. The number of methoxy groups -OCH3 is 1. The van der Waals surface area contributed by atoms with Crippen LogP contribution >= 0.6 is 0 Å². The van der Waals surface area contributed by atoms with Gasteiger partial charge < -0.3 is 15.4 Å². The smallest absolute Gasteiger partial charge is 0.355 e. The van der Waals surface area contributed by atoms with Crippen molar-refractivity contribution in [3.63, 3.8) is 0 Å². The van der Waals surface area contributed by atoms with E-state index >= 15 is 0 Å². The minimum Gasteiger partial charge on any atom is -0.464 e. The van der Waals surface area contributed by atoms with Crippen LogP contribution in [0.25, 0.3) is 0 Å². The molecule has 0 aromatic rings. The van der Waals surface area contributed by atoms with E-state index in [2.05, 4.69) is 4.74 Å². The second-order valence-corrected chi connectivity index (χ2v) is 1.94.